The van der Waals surface area contributed by atoms with Gasteiger partial charge >= 0.3 is 0 Å². The number of aliphatic imine (C=N–C) groups is 1. The highest BCUT2D eigenvalue weighted by molar-refractivity contribution is 7.89. The van der Waals surface area contributed by atoms with Crippen LogP contribution in [-0.4, -0.2) is 57.0 Å². The molecule has 0 amide bonds. The smallest absolute Gasteiger partial charge is 0.240 e. The van der Waals surface area contributed by atoms with Crippen molar-refractivity contribution in [2.24, 2.45) is 4.99 Å². The average Bonchev–Trinajstić information content (AvgIpc) is 3.19. The third-order valence-corrected chi connectivity index (χ3v) is 7.83. The first-order valence-electron chi connectivity index (χ1n) is 11.4. The van der Waals surface area contributed by atoms with Crippen molar-refractivity contribution in [3.05, 3.63) is 29.8 Å². The van der Waals surface area contributed by atoms with Gasteiger partial charge in [-0.3, -0.25) is 4.90 Å². The molecule has 8 heteroatoms. The van der Waals surface area contributed by atoms with Crippen LogP contribution in [0.5, 0.6) is 0 Å². The summed E-state index contributed by atoms with van der Waals surface area (Å²) < 4.78 is 27.3. The Kier molecular flexibility index (Phi) is 6.95. The van der Waals surface area contributed by atoms with Crippen LogP contribution in [0.25, 0.3) is 0 Å². The molecule has 0 spiro atoms. The Morgan fingerprint density at radius 2 is 1.80 bits per heavy atom. The molecule has 2 aliphatic carbocycles. The van der Waals surface area contributed by atoms with Crippen LogP contribution < -0.4 is 15.4 Å². The molecule has 3 aliphatic rings. The maximum atomic E-state index is 12.3. The largest absolute Gasteiger partial charge is 0.357 e. The van der Waals surface area contributed by atoms with Gasteiger partial charge in [0.25, 0.3) is 0 Å². The predicted molar refractivity (Wildman–Crippen MR) is 120 cm³/mol. The number of rotatable bonds is 8. The molecule has 1 heterocycles. The Morgan fingerprint density at radius 3 is 2.47 bits per heavy atom. The molecule has 1 atom stereocenters. The van der Waals surface area contributed by atoms with Gasteiger partial charge in [-0.05, 0) is 56.7 Å². The van der Waals surface area contributed by atoms with Gasteiger partial charge in [-0.15, -0.1) is 0 Å². The molecule has 0 bridgehead atoms. The molecule has 2 saturated carbocycles. The van der Waals surface area contributed by atoms with Crippen LogP contribution in [0.1, 0.15) is 57.4 Å². The van der Waals surface area contributed by atoms with Gasteiger partial charge in [-0.25, -0.2) is 18.1 Å². The molecule has 1 unspecified atom stereocenters. The Hall–Kier alpha value is -1.64. The van der Waals surface area contributed by atoms with Gasteiger partial charge < -0.3 is 10.6 Å². The monoisotopic (exact) mass is 433 g/mol. The van der Waals surface area contributed by atoms with Gasteiger partial charge in [0.1, 0.15) is 0 Å². The van der Waals surface area contributed by atoms with Crippen molar-refractivity contribution in [2.45, 2.75) is 81.4 Å². The zero-order valence-corrected chi connectivity index (χ0v) is 18.8. The summed E-state index contributed by atoms with van der Waals surface area (Å²) >= 11 is 0. The molecule has 0 radical (unpaired) electrons. The van der Waals surface area contributed by atoms with Crippen molar-refractivity contribution < 1.29 is 8.42 Å². The maximum Gasteiger partial charge on any atom is 0.240 e. The predicted octanol–water partition coefficient (Wildman–Crippen LogP) is 2.20. The molecule has 1 aromatic carbocycles. The zero-order valence-electron chi connectivity index (χ0n) is 17.9. The Morgan fingerprint density at radius 1 is 1.07 bits per heavy atom. The average molecular weight is 434 g/mol. The SMILES string of the molecule is CCNC(=NCc1ccc(S(=O)(=O)NC2CC2)cc1)NC1CCN(C2CCCC2)C1. The summed E-state index contributed by atoms with van der Waals surface area (Å²) in [4.78, 5) is 7.70. The fourth-order valence-electron chi connectivity index (χ4n) is 4.45. The molecular formula is C22H35N5O2S. The molecule has 1 saturated heterocycles. The summed E-state index contributed by atoms with van der Waals surface area (Å²) in [6.45, 7) is 5.67. The number of nitrogens with zero attached hydrogens (tertiary/aromatic N) is 2. The van der Waals surface area contributed by atoms with Crippen LogP contribution in [0, 0.1) is 0 Å². The summed E-state index contributed by atoms with van der Waals surface area (Å²) in [5.41, 5.74) is 0.997. The fourth-order valence-corrected chi connectivity index (χ4v) is 5.76. The summed E-state index contributed by atoms with van der Waals surface area (Å²) in [7, 11) is -3.40. The van der Waals surface area contributed by atoms with Gasteiger partial charge in [-0.2, -0.15) is 0 Å². The Balaban J connectivity index is 1.32. The van der Waals surface area contributed by atoms with Crippen molar-refractivity contribution in [2.75, 3.05) is 19.6 Å². The van der Waals surface area contributed by atoms with Crippen molar-refractivity contribution >= 4 is 16.0 Å². The van der Waals surface area contributed by atoms with Crippen molar-refractivity contribution in [3.8, 4) is 0 Å². The van der Waals surface area contributed by atoms with Crippen LogP contribution in [-0.2, 0) is 16.6 Å². The first-order valence-corrected chi connectivity index (χ1v) is 12.9. The maximum absolute atomic E-state index is 12.3. The highest BCUT2D eigenvalue weighted by atomic mass is 32.2. The lowest BCUT2D eigenvalue weighted by molar-refractivity contribution is 0.242. The van der Waals surface area contributed by atoms with Crippen molar-refractivity contribution in [1.29, 1.82) is 0 Å². The second kappa shape index (κ2) is 9.66. The van der Waals surface area contributed by atoms with E-state index in [1.165, 1.54) is 32.2 Å². The van der Waals surface area contributed by atoms with Gasteiger partial charge in [0.15, 0.2) is 5.96 Å². The minimum Gasteiger partial charge on any atom is -0.357 e. The number of guanidine groups is 1. The topological polar surface area (TPSA) is 85.8 Å². The standard InChI is InChI=1S/C22H35N5O2S/c1-2-23-22(25-19-13-14-27(16-19)20-5-3-4-6-20)24-15-17-7-11-21(12-8-17)30(28,29)26-18-9-10-18/h7-8,11-12,18-20,26H,2-6,9-10,13-16H2,1H3,(H2,23,24,25). The van der Waals surface area contributed by atoms with Gasteiger partial charge in [0.2, 0.25) is 10.0 Å². The molecule has 3 N–H and O–H groups in total. The molecule has 1 aliphatic heterocycles. The van der Waals surface area contributed by atoms with Gasteiger partial charge in [-0.1, -0.05) is 25.0 Å². The lowest BCUT2D eigenvalue weighted by Gasteiger charge is -2.24. The molecule has 7 nitrogen and oxygen atoms in total. The quantitative estimate of drug-likeness (QED) is 0.432. The van der Waals surface area contributed by atoms with E-state index in [1.807, 2.05) is 12.1 Å². The van der Waals surface area contributed by atoms with E-state index in [0.29, 0.717) is 17.5 Å². The molecule has 0 aromatic heterocycles. The van der Waals surface area contributed by atoms with E-state index < -0.39 is 10.0 Å². The number of hydrogen-bond donors (Lipinski definition) is 3. The summed E-state index contributed by atoms with van der Waals surface area (Å²) in [5, 5.41) is 6.94. The number of benzene rings is 1. The summed E-state index contributed by atoms with van der Waals surface area (Å²) in [5.74, 6) is 0.836. The second-order valence-electron chi connectivity index (χ2n) is 8.80. The lowest BCUT2D eigenvalue weighted by Crippen LogP contribution is -2.45. The molecule has 4 rings (SSSR count). The van der Waals surface area contributed by atoms with Crippen LogP contribution in [0.4, 0.5) is 0 Å². The third kappa shape index (κ3) is 5.74. The number of likely N-dealkylation sites (tertiary alicyclic amines) is 1. The minimum absolute atomic E-state index is 0.119. The first-order chi connectivity index (χ1) is 14.5. The van der Waals surface area contributed by atoms with E-state index in [4.69, 9.17) is 4.99 Å². The second-order valence-corrected chi connectivity index (χ2v) is 10.5. The van der Waals surface area contributed by atoms with Crippen LogP contribution in [0.2, 0.25) is 0 Å². The van der Waals surface area contributed by atoms with Gasteiger partial charge in [0, 0.05) is 37.8 Å². The number of sulfonamides is 1. The van der Waals surface area contributed by atoms with E-state index in [0.717, 1.165) is 49.9 Å². The van der Waals surface area contributed by atoms with Crippen molar-refractivity contribution in [3.63, 3.8) is 0 Å². The fraction of sp³-hybridized carbons (Fsp3) is 0.682. The van der Waals surface area contributed by atoms with Crippen LogP contribution in [0.3, 0.4) is 0 Å². The van der Waals surface area contributed by atoms with Crippen molar-refractivity contribution in [1.82, 2.24) is 20.3 Å². The Labute approximate surface area is 180 Å². The van der Waals surface area contributed by atoms with Crippen LogP contribution >= 0.6 is 0 Å². The lowest BCUT2D eigenvalue weighted by atomic mass is 10.2. The zero-order chi connectivity index (χ0) is 21.0. The van der Waals surface area contributed by atoms with E-state index in [1.54, 1.807) is 12.1 Å². The highest BCUT2D eigenvalue weighted by Crippen LogP contribution is 2.26. The molecular weight excluding hydrogens is 398 g/mol. The molecule has 166 valence electrons. The third-order valence-electron chi connectivity index (χ3n) is 6.30. The molecule has 1 aromatic rings. The summed E-state index contributed by atoms with van der Waals surface area (Å²) in [6, 6.07) is 8.38. The normalized spacial score (nSPS) is 23.8. The number of nitrogens with one attached hydrogen (secondary N) is 3. The number of hydrogen-bond acceptors (Lipinski definition) is 4. The highest BCUT2D eigenvalue weighted by Gasteiger charge is 2.30. The Bertz CT molecular complexity index is 830. The summed E-state index contributed by atoms with van der Waals surface area (Å²) in [6.07, 6.45) is 8.48. The van der Waals surface area contributed by atoms with Gasteiger partial charge in [0.05, 0.1) is 11.4 Å². The van der Waals surface area contributed by atoms with E-state index in [9.17, 15) is 8.42 Å². The van der Waals surface area contributed by atoms with E-state index >= 15 is 0 Å². The van der Waals surface area contributed by atoms with Crippen LogP contribution in [0.15, 0.2) is 34.2 Å². The van der Waals surface area contributed by atoms with E-state index in [-0.39, 0.29) is 6.04 Å². The first kappa shape index (κ1) is 21.6. The van der Waals surface area contributed by atoms with E-state index in [2.05, 4.69) is 27.2 Å². The minimum atomic E-state index is -3.40. The molecule has 3 fully saturated rings. The molecule has 30 heavy (non-hydrogen) atoms.